The van der Waals surface area contributed by atoms with Crippen LogP contribution in [0.25, 0.3) is 0 Å². The normalized spacial score (nSPS) is 24.1. The molecule has 2 nitrogen and oxygen atoms in total. The standard InChI is InChI=1S/C23H29ClFNO/c1-26(2)22(19-7-3-4-9-21(19)24)20-8-5-6-15-23(20,27)16-14-17-10-12-18(25)13-11-17/h3-4,7,9-13,20,22,27H,5-6,8,14-16H2,1-2H3. The molecule has 1 saturated carbocycles. The van der Waals surface area contributed by atoms with Crippen LogP contribution in [0.5, 0.6) is 0 Å². The first-order valence-electron chi connectivity index (χ1n) is 9.78. The van der Waals surface area contributed by atoms with E-state index in [1.54, 1.807) is 0 Å². The first-order valence-corrected chi connectivity index (χ1v) is 10.2. The van der Waals surface area contributed by atoms with E-state index in [1.165, 1.54) is 12.1 Å². The van der Waals surface area contributed by atoms with Crippen LogP contribution < -0.4 is 0 Å². The van der Waals surface area contributed by atoms with Gasteiger partial charge in [0.1, 0.15) is 5.82 Å². The number of nitrogens with zero attached hydrogens (tertiary/aromatic N) is 1. The summed E-state index contributed by atoms with van der Waals surface area (Å²) < 4.78 is 13.2. The molecule has 1 N–H and O–H groups in total. The largest absolute Gasteiger partial charge is 0.390 e. The van der Waals surface area contributed by atoms with E-state index in [-0.39, 0.29) is 17.8 Å². The summed E-state index contributed by atoms with van der Waals surface area (Å²) in [5, 5.41) is 12.4. The van der Waals surface area contributed by atoms with Crippen LogP contribution in [0.1, 0.15) is 49.3 Å². The van der Waals surface area contributed by atoms with Crippen molar-refractivity contribution >= 4 is 11.6 Å². The van der Waals surface area contributed by atoms with Crippen molar-refractivity contribution in [3.05, 3.63) is 70.5 Å². The first kappa shape index (κ1) is 20.3. The van der Waals surface area contributed by atoms with E-state index in [1.807, 2.05) is 30.3 Å². The molecule has 0 bridgehead atoms. The average molecular weight is 390 g/mol. The van der Waals surface area contributed by atoms with Gasteiger partial charge < -0.3 is 10.0 Å². The van der Waals surface area contributed by atoms with Crippen LogP contribution in [-0.4, -0.2) is 29.7 Å². The van der Waals surface area contributed by atoms with Crippen molar-refractivity contribution in [2.24, 2.45) is 5.92 Å². The lowest BCUT2D eigenvalue weighted by atomic mass is 9.67. The van der Waals surface area contributed by atoms with Gasteiger partial charge in [-0.1, -0.05) is 54.8 Å². The molecule has 146 valence electrons. The fraction of sp³-hybridized carbons (Fsp3) is 0.478. The molecule has 1 fully saturated rings. The zero-order chi connectivity index (χ0) is 19.4. The van der Waals surface area contributed by atoms with Gasteiger partial charge in [-0.05, 0) is 69.1 Å². The first-order chi connectivity index (χ1) is 12.9. The van der Waals surface area contributed by atoms with E-state index >= 15 is 0 Å². The second kappa shape index (κ2) is 8.72. The molecule has 4 heteroatoms. The van der Waals surface area contributed by atoms with Gasteiger partial charge >= 0.3 is 0 Å². The zero-order valence-electron chi connectivity index (χ0n) is 16.2. The number of aliphatic hydroxyl groups is 1. The van der Waals surface area contributed by atoms with Crippen LogP contribution in [0.3, 0.4) is 0 Å². The van der Waals surface area contributed by atoms with Crippen LogP contribution in [0.2, 0.25) is 5.02 Å². The third kappa shape index (κ3) is 4.71. The van der Waals surface area contributed by atoms with E-state index in [9.17, 15) is 9.50 Å². The second-order valence-electron chi connectivity index (χ2n) is 8.01. The number of benzene rings is 2. The van der Waals surface area contributed by atoms with Crippen LogP contribution in [0.4, 0.5) is 4.39 Å². The third-order valence-electron chi connectivity index (χ3n) is 5.99. The molecule has 0 heterocycles. The minimum Gasteiger partial charge on any atom is -0.390 e. The van der Waals surface area contributed by atoms with Gasteiger partial charge in [0.25, 0.3) is 0 Å². The Morgan fingerprint density at radius 1 is 1.15 bits per heavy atom. The van der Waals surface area contributed by atoms with Crippen molar-refractivity contribution in [1.29, 1.82) is 0 Å². The minimum absolute atomic E-state index is 0.0669. The topological polar surface area (TPSA) is 23.5 Å². The predicted molar refractivity (Wildman–Crippen MR) is 110 cm³/mol. The van der Waals surface area contributed by atoms with E-state index < -0.39 is 5.60 Å². The summed E-state index contributed by atoms with van der Waals surface area (Å²) in [6.45, 7) is 0. The van der Waals surface area contributed by atoms with Crippen molar-refractivity contribution in [1.82, 2.24) is 4.90 Å². The molecule has 2 aromatic rings. The van der Waals surface area contributed by atoms with E-state index in [4.69, 9.17) is 11.6 Å². The molecule has 0 aliphatic heterocycles. The molecule has 1 aliphatic rings. The van der Waals surface area contributed by atoms with Gasteiger partial charge in [0.2, 0.25) is 0 Å². The number of hydrogen-bond donors (Lipinski definition) is 1. The molecular weight excluding hydrogens is 361 g/mol. The highest BCUT2D eigenvalue weighted by molar-refractivity contribution is 6.31. The number of hydrogen-bond acceptors (Lipinski definition) is 2. The molecule has 3 atom stereocenters. The SMILES string of the molecule is CN(C)C(c1ccccc1Cl)C1CCCCC1(O)CCc1ccc(F)cc1. The van der Waals surface area contributed by atoms with Crippen molar-refractivity contribution in [2.45, 2.75) is 50.2 Å². The van der Waals surface area contributed by atoms with E-state index in [2.05, 4.69) is 25.1 Å². The highest BCUT2D eigenvalue weighted by Crippen LogP contribution is 2.46. The molecule has 3 rings (SSSR count). The molecule has 0 spiro atoms. The number of aryl methyl sites for hydroxylation is 1. The Balaban J connectivity index is 1.85. The monoisotopic (exact) mass is 389 g/mol. The quantitative estimate of drug-likeness (QED) is 0.691. The van der Waals surface area contributed by atoms with Gasteiger partial charge in [0.15, 0.2) is 0 Å². The van der Waals surface area contributed by atoms with Gasteiger partial charge in [-0.3, -0.25) is 0 Å². The lowest BCUT2D eigenvalue weighted by molar-refractivity contribution is -0.0828. The Bertz CT molecular complexity index is 748. The lowest BCUT2D eigenvalue weighted by Crippen LogP contribution is -2.47. The Morgan fingerprint density at radius 2 is 1.85 bits per heavy atom. The second-order valence-corrected chi connectivity index (χ2v) is 8.42. The fourth-order valence-corrected chi connectivity index (χ4v) is 4.84. The highest BCUT2D eigenvalue weighted by atomic mass is 35.5. The average Bonchev–Trinajstić information content (AvgIpc) is 2.64. The summed E-state index contributed by atoms with van der Waals surface area (Å²) in [6, 6.07) is 14.6. The van der Waals surface area contributed by atoms with Crippen LogP contribution in [0.15, 0.2) is 48.5 Å². The number of halogens is 2. The molecule has 27 heavy (non-hydrogen) atoms. The Labute approximate surface area is 167 Å². The maximum absolute atomic E-state index is 13.2. The zero-order valence-corrected chi connectivity index (χ0v) is 16.9. The summed E-state index contributed by atoms with van der Waals surface area (Å²) in [5.41, 5.74) is 1.39. The van der Waals surface area contributed by atoms with Crippen molar-refractivity contribution in [3.63, 3.8) is 0 Å². The Hall–Kier alpha value is -1.42. The summed E-state index contributed by atoms with van der Waals surface area (Å²) in [7, 11) is 4.12. The highest BCUT2D eigenvalue weighted by Gasteiger charge is 2.44. The van der Waals surface area contributed by atoms with Gasteiger partial charge in [-0.2, -0.15) is 0 Å². The molecule has 1 aliphatic carbocycles. The Kier molecular flexibility index (Phi) is 6.56. The molecule has 0 aromatic heterocycles. The third-order valence-corrected chi connectivity index (χ3v) is 6.33. The summed E-state index contributed by atoms with van der Waals surface area (Å²) >= 11 is 6.52. The van der Waals surface area contributed by atoms with Gasteiger partial charge in [0, 0.05) is 17.0 Å². The maximum atomic E-state index is 13.2. The van der Waals surface area contributed by atoms with Gasteiger partial charge in [0.05, 0.1) is 5.60 Å². The molecule has 0 radical (unpaired) electrons. The van der Waals surface area contributed by atoms with Crippen LogP contribution in [0, 0.1) is 11.7 Å². The smallest absolute Gasteiger partial charge is 0.123 e. The molecule has 0 amide bonds. The summed E-state index contributed by atoms with van der Waals surface area (Å²) in [4.78, 5) is 2.18. The van der Waals surface area contributed by atoms with Crippen LogP contribution >= 0.6 is 11.6 Å². The van der Waals surface area contributed by atoms with E-state index in [0.717, 1.165) is 48.3 Å². The Morgan fingerprint density at radius 3 is 2.52 bits per heavy atom. The minimum atomic E-state index is -0.749. The maximum Gasteiger partial charge on any atom is 0.123 e. The van der Waals surface area contributed by atoms with Gasteiger partial charge in [-0.15, -0.1) is 0 Å². The fourth-order valence-electron chi connectivity index (χ4n) is 4.59. The van der Waals surface area contributed by atoms with Crippen molar-refractivity contribution in [3.8, 4) is 0 Å². The predicted octanol–water partition coefficient (Wildman–Crippen LogP) is 5.64. The van der Waals surface area contributed by atoms with Crippen LogP contribution in [-0.2, 0) is 6.42 Å². The van der Waals surface area contributed by atoms with Gasteiger partial charge in [-0.25, -0.2) is 4.39 Å². The summed E-state index contributed by atoms with van der Waals surface area (Å²) in [5.74, 6) is -0.110. The molecule has 3 unspecified atom stereocenters. The summed E-state index contributed by atoms with van der Waals surface area (Å²) in [6.07, 6.45) is 5.37. The van der Waals surface area contributed by atoms with Crippen molar-refractivity contribution in [2.75, 3.05) is 14.1 Å². The molecular formula is C23H29ClFNO. The van der Waals surface area contributed by atoms with Crippen molar-refractivity contribution < 1.29 is 9.50 Å². The van der Waals surface area contributed by atoms with E-state index in [0.29, 0.717) is 6.42 Å². The lowest BCUT2D eigenvalue weighted by Gasteiger charge is -2.46. The number of rotatable bonds is 6. The molecule has 2 aromatic carbocycles. The molecule has 0 saturated heterocycles.